The average molecular weight is 171 g/mol. The number of nitrogens with one attached hydrogen (secondary N) is 1. The second kappa shape index (κ2) is 4.51. The number of hydrogen-bond donors (Lipinski definition) is 1. The van der Waals surface area contributed by atoms with Crippen molar-refractivity contribution in [1.29, 1.82) is 0 Å². The van der Waals surface area contributed by atoms with Crippen LogP contribution in [0, 0.1) is 0 Å². The molecule has 0 spiro atoms. The average Bonchev–Trinajstić information content (AvgIpc) is 2.00. The zero-order chi connectivity index (χ0) is 9.78. The molecule has 0 saturated carbocycles. The molecule has 12 heavy (non-hydrogen) atoms. The van der Waals surface area contributed by atoms with Crippen LogP contribution in [0.2, 0.25) is 0 Å². The van der Waals surface area contributed by atoms with Crippen LogP contribution in [-0.4, -0.2) is 5.60 Å². The predicted molar refractivity (Wildman–Crippen MR) is 52.6 cm³/mol. The van der Waals surface area contributed by atoms with Crippen molar-refractivity contribution in [2.24, 2.45) is 0 Å². The van der Waals surface area contributed by atoms with Crippen molar-refractivity contribution in [3.05, 3.63) is 11.3 Å². The van der Waals surface area contributed by atoms with Gasteiger partial charge in [0.1, 0.15) is 0 Å². The van der Waals surface area contributed by atoms with Gasteiger partial charge in [0.2, 0.25) is 0 Å². The zero-order valence-corrected chi connectivity index (χ0v) is 9.12. The van der Waals surface area contributed by atoms with Gasteiger partial charge in [0.15, 0.2) is 0 Å². The van der Waals surface area contributed by atoms with Gasteiger partial charge < -0.3 is 0 Å². The fraction of sp³-hybridized carbons (Fsp3) is 0.800. The molecule has 2 heteroatoms. The number of hydroxylamine groups is 1. The van der Waals surface area contributed by atoms with Crippen LogP contribution in [-0.2, 0) is 4.84 Å². The van der Waals surface area contributed by atoms with Crippen LogP contribution in [0.5, 0.6) is 0 Å². The van der Waals surface area contributed by atoms with Gasteiger partial charge in [-0.3, -0.25) is 10.3 Å². The smallest absolute Gasteiger partial charge is 0.0901 e. The third-order valence-electron chi connectivity index (χ3n) is 2.08. The molecule has 0 aliphatic heterocycles. The van der Waals surface area contributed by atoms with Gasteiger partial charge in [0.25, 0.3) is 0 Å². The standard InChI is InChI=1S/C10H21NO/c1-7-10(5,6)12-11-9(4)8(2)3/h11H,7H2,1-6H3. The zero-order valence-electron chi connectivity index (χ0n) is 9.12. The molecule has 0 saturated heterocycles. The maximum atomic E-state index is 5.49. The molecule has 0 amide bonds. The molecule has 0 aromatic heterocycles. The van der Waals surface area contributed by atoms with E-state index in [0.717, 1.165) is 12.1 Å². The summed E-state index contributed by atoms with van der Waals surface area (Å²) >= 11 is 0. The van der Waals surface area contributed by atoms with Crippen molar-refractivity contribution in [3.8, 4) is 0 Å². The molecule has 2 nitrogen and oxygen atoms in total. The Hall–Kier alpha value is -0.500. The van der Waals surface area contributed by atoms with Gasteiger partial charge in [-0.2, -0.15) is 0 Å². The highest BCUT2D eigenvalue weighted by Gasteiger charge is 2.15. The normalized spacial score (nSPS) is 11.2. The summed E-state index contributed by atoms with van der Waals surface area (Å²) < 4.78 is 0. The molecule has 0 heterocycles. The molecular formula is C10H21NO. The van der Waals surface area contributed by atoms with E-state index in [9.17, 15) is 0 Å². The molecule has 0 aliphatic carbocycles. The van der Waals surface area contributed by atoms with Gasteiger partial charge in [0.05, 0.1) is 5.60 Å². The fourth-order valence-corrected chi connectivity index (χ4v) is 0.389. The summed E-state index contributed by atoms with van der Waals surface area (Å²) in [4.78, 5) is 5.49. The second-order valence-corrected chi connectivity index (χ2v) is 3.94. The van der Waals surface area contributed by atoms with Crippen LogP contribution in [0.1, 0.15) is 48.0 Å². The molecule has 72 valence electrons. The SMILES string of the molecule is CCC(C)(C)ONC(C)=C(C)C. The van der Waals surface area contributed by atoms with Crippen LogP contribution in [0.4, 0.5) is 0 Å². The molecule has 0 fully saturated rings. The van der Waals surface area contributed by atoms with E-state index in [1.165, 1.54) is 5.57 Å². The summed E-state index contributed by atoms with van der Waals surface area (Å²) in [5.41, 5.74) is 5.21. The Morgan fingerprint density at radius 3 is 2.08 bits per heavy atom. The molecule has 1 N–H and O–H groups in total. The number of rotatable bonds is 4. The first-order chi connectivity index (χ1) is 5.39. The number of allylic oxidation sites excluding steroid dienone is 2. The first-order valence-electron chi connectivity index (χ1n) is 4.47. The topological polar surface area (TPSA) is 21.3 Å². The van der Waals surface area contributed by atoms with E-state index in [-0.39, 0.29) is 5.60 Å². The molecule has 0 aromatic rings. The summed E-state index contributed by atoms with van der Waals surface area (Å²) in [6.07, 6.45) is 0.996. The van der Waals surface area contributed by atoms with E-state index in [1.807, 2.05) is 6.92 Å². The van der Waals surface area contributed by atoms with Crippen LogP contribution < -0.4 is 5.48 Å². The minimum atomic E-state index is -0.0866. The Bertz CT molecular complexity index is 167. The quantitative estimate of drug-likeness (QED) is 0.656. The molecule has 0 radical (unpaired) electrons. The van der Waals surface area contributed by atoms with Crippen LogP contribution in [0.3, 0.4) is 0 Å². The van der Waals surface area contributed by atoms with Gasteiger partial charge in [-0.15, -0.1) is 0 Å². The first-order valence-corrected chi connectivity index (χ1v) is 4.47. The molecule has 0 unspecified atom stereocenters. The van der Waals surface area contributed by atoms with E-state index >= 15 is 0 Å². The fourth-order valence-electron chi connectivity index (χ4n) is 0.389. The van der Waals surface area contributed by atoms with Crippen molar-refractivity contribution < 1.29 is 4.84 Å². The summed E-state index contributed by atoms with van der Waals surface area (Å²) in [6, 6.07) is 0. The van der Waals surface area contributed by atoms with E-state index in [2.05, 4.69) is 40.1 Å². The van der Waals surface area contributed by atoms with E-state index in [4.69, 9.17) is 4.84 Å². The van der Waals surface area contributed by atoms with E-state index in [0.29, 0.717) is 0 Å². The lowest BCUT2D eigenvalue weighted by molar-refractivity contribution is -0.0724. The third-order valence-corrected chi connectivity index (χ3v) is 2.08. The largest absolute Gasteiger partial charge is 0.271 e. The molecule has 0 bridgehead atoms. The van der Waals surface area contributed by atoms with Crippen molar-refractivity contribution in [2.45, 2.75) is 53.6 Å². The van der Waals surface area contributed by atoms with Crippen LogP contribution in [0.15, 0.2) is 11.3 Å². The summed E-state index contributed by atoms with van der Waals surface area (Å²) in [7, 11) is 0. The minimum absolute atomic E-state index is 0.0866. The molecular weight excluding hydrogens is 150 g/mol. The lowest BCUT2D eigenvalue weighted by Gasteiger charge is -2.24. The summed E-state index contributed by atoms with van der Waals surface area (Å²) in [6.45, 7) is 12.4. The first kappa shape index (κ1) is 11.5. The lowest BCUT2D eigenvalue weighted by Crippen LogP contribution is -2.30. The maximum Gasteiger partial charge on any atom is 0.0901 e. The van der Waals surface area contributed by atoms with Gasteiger partial charge >= 0.3 is 0 Å². The van der Waals surface area contributed by atoms with Gasteiger partial charge in [-0.1, -0.05) is 12.5 Å². The highest BCUT2D eigenvalue weighted by Crippen LogP contribution is 2.12. The second-order valence-electron chi connectivity index (χ2n) is 3.94. The molecule has 0 rings (SSSR count). The molecule has 0 atom stereocenters. The number of hydrogen-bond acceptors (Lipinski definition) is 2. The monoisotopic (exact) mass is 171 g/mol. The van der Waals surface area contributed by atoms with Gasteiger partial charge in [0, 0.05) is 5.70 Å². The van der Waals surface area contributed by atoms with Crippen LogP contribution >= 0.6 is 0 Å². The highest BCUT2D eigenvalue weighted by molar-refractivity contribution is 5.02. The maximum absolute atomic E-state index is 5.49. The Kier molecular flexibility index (Phi) is 4.32. The van der Waals surface area contributed by atoms with Gasteiger partial charge in [-0.05, 0) is 41.0 Å². The summed E-state index contributed by atoms with van der Waals surface area (Å²) in [5.74, 6) is 0. The molecule has 0 aliphatic rings. The van der Waals surface area contributed by atoms with Gasteiger partial charge in [-0.25, -0.2) is 0 Å². The molecule has 0 aromatic carbocycles. The Balaban J connectivity index is 3.92. The highest BCUT2D eigenvalue weighted by atomic mass is 16.7. The van der Waals surface area contributed by atoms with Crippen molar-refractivity contribution in [3.63, 3.8) is 0 Å². The Morgan fingerprint density at radius 1 is 1.25 bits per heavy atom. The van der Waals surface area contributed by atoms with E-state index < -0.39 is 0 Å². The summed E-state index contributed by atoms with van der Waals surface area (Å²) in [5, 5.41) is 0. The van der Waals surface area contributed by atoms with Crippen molar-refractivity contribution in [1.82, 2.24) is 5.48 Å². The lowest BCUT2D eigenvalue weighted by atomic mass is 10.1. The van der Waals surface area contributed by atoms with Crippen LogP contribution in [0.25, 0.3) is 0 Å². The van der Waals surface area contributed by atoms with E-state index in [1.54, 1.807) is 0 Å². The third kappa shape index (κ3) is 4.39. The minimum Gasteiger partial charge on any atom is -0.271 e. The Morgan fingerprint density at radius 2 is 1.75 bits per heavy atom. The Labute approximate surface area is 76.0 Å². The predicted octanol–water partition coefficient (Wildman–Crippen LogP) is 3.01. The van der Waals surface area contributed by atoms with Crippen molar-refractivity contribution in [2.75, 3.05) is 0 Å². The van der Waals surface area contributed by atoms with Crippen molar-refractivity contribution >= 4 is 0 Å².